The minimum absolute atomic E-state index is 0.139. The van der Waals surface area contributed by atoms with Crippen molar-refractivity contribution in [2.75, 3.05) is 0 Å². The van der Waals surface area contributed by atoms with Gasteiger partial charge in [-0.2, -0.15) is 13.2 Å². The van der Waals surface area contributed by atoms with Crippen LogP contribution in [0.15, 0.2) is 9.82 Å². The van der Waals surface area contributed by atoms with Gasteiger partial charge < -0.3 is 4.98 Å². The molecule has 2 unspecified atom stereocenters. The van der Waals surface area contributed by atoms with Gasteiger partial charge in [-0.05, 0) is 19.8 Å². The average molecular weight is 327 g/mol. The van der Waals surface area contributed by atoms with Gasteiger partial charge in [-0.15, -0.1) is 23.4 Å². The minimum Gasteiger partial charge on any atom is -0.310 e. The number of halogens is 4. The zero-order valence-electron chi connectivity index (χ0n) is 10.8. The molecule has 2 rings (SSSR count). The molecule has 8 heteroatoms. The number of rotatable bonds is 2. The van der Waals surface area contributed by atoms with Crippen molar-refractivity contribution >= 4 is 23.4 Å². The Bertz CT molecular complexity index is 546. The van der Waals surface area contributed by atoms with Gasteiger partial charge in [-0.3, -0.25) is 4.79 Å². The third-order valence-electron chi connectivity index (χ3n) is 3.17. The van der Waals surface area contributed by atoms with Crippen molar-refractivity contribution in [2.24, 2.45) is 0 Å². The molecule has 1 aliphatic carbocycles. The Morgan fingerprint density at radius 3 is 2.60 bits per heavy atom. The van der Waals surface area contributed by atoms with E-state index in [1.807, 2.05) is 0 Å². The summed E-state index contributed by atoms with van der Waals surface area (Å²) < 4.78 is 39.0. The summed E-state index contributed by atoms with van der Waals surface area (Å²) in [7, 11) is 0. The standard InChI is InChI=1S/C12H14ClF3N2OS/c1-6-17-10(19)9(12(14,15)16)11(18-6)20-8-5-3-2-4-7(8)13/h7-8H,2-5H2,1H3,(H,17,18,19). The van der Waals surface area contributed by atoms with Gasteiger partial charge in [-0.1, -0.05) is 12.8 Å². The van der Waals surface area contributed by atoms with Crippen LogP contribution >= 0.6 is 23.4 Å². The first-order chi connectivity index (χ1) is 9.29. The highest BCUT2D eigenvalue weighted by atomic mass is 35.5. The van der Waals surface area contributed by atoms with Crippen molar-refractivity contribution in [3.63, 3.8) is 0 Å². The Labute approximate surface area is 123 Å². The number of alkyl halides is 4. The van der Waals surface area contributed by atoms with E-state index in [2.05, 4.69) is 9.97 Å². The van der Waals surface area contributed by atoms with E-state index >= 15 is 0 Å². The Balaban J connectivity index is 2.37. The predicted octanol–water partition coefficient (Wildman–Crippen LogP) is 3.74. The highest BCUT2D eigenvalue weighted by Gasteiger charge is 2.39. The molecule has 3 nitrogen and oxygen atoms in total. The van der Waals surface area contributed by atoms with Crippen LogP contribution in [-0.4, -0.2) is 20.6 Å². The van der Waals surface area contributed by atoms with Crippen LogP contribution in [0.4, 0.5) is 13.2 Å². The van der Waals surface area contributed by atoms with Gasteiger partial charge in [0.2, 0.25) is 0 Å². The first kappa shape index (κ1) is 15.7. The van der Waals surface area contributed by atoms with E-state index < -0.39 is 17.3 Å². The number of nitrogens with zero attached hydrogens (tertiary/aromatic N) is 1. The summed E-state index contributed by atoms with van der Waals surface area (Å²) in [5.41, 5.74) is -2.36. The zero-order chi connectivity index (χ0) is 14.9. The lowest BCUT2D eigenvalue weighted by atomic mass is 10.00. The van der Waals surface area contributed by atoms with Crippen molar-refractivity contribution in [1.82, 2.24) is 9.97 Å². The van der Waals surface area contributed by atoms with Crippen molar-refractivity contribution in [2.45, 2.75) is 54.4 Å². The van der Waals surface area contributed by atoms with Crippen LogP contribution < -0.4 is 5.56 Å². The van der Waals surface area contributed by atoms with Crippen LogP contribution in [-0.2, 0) is 6.18 Å². The molecule has 1 aromatic rings. The van der Waals surface area contributed by atoms with E-state index in [0.29, 0.717) is 0 Å². The van der Waals surface area contributed by atoms with Gasteiger partial charge in [0.05, 0.1) is 0 Å². The lowest BCUT2D eigenvalue weighted by Gasteiger charge is -2.26. The smallest absolute Gasteiger partial charge is 0.310 e. The quantitative estimate of drug-likeness (QED) is 0.665. The fourth-order valence-corrected chi connectivity index (χ4v) is 4.03. The molecule has 1 aromatic heterocycles. The lowest BCUT2D eigenvalue weighted by Crippen LogP contribution is -2.27. The van der Waals surface area contributed by atoms with E-state index in [9.17, 15) is 18.0 Å². The Morgan fingerprint density at radius 2 is 2.00 bits per heavy atom. The molecule has 112 valence electrons. The van der Waals surface area contributed by atoms with Gasteiger partial charge in [0.25, 0.3) is 5.56 Å². The molecule has 1 heterocycles. The molecule has 1 N–H and O–H groups in total. The largest absolute Gasteiger partial charge is 0.424 e. The fourth-order valence-electron chi connectivity index (χ4n) is 2.22. The fraction of sp³-hybridized carbons (Fsp3) is 0.667. The molecule has 0 amide bonds. The molecular formula is C12H14ClF3N2OS. The Kier molecular flexibility index (Phi) is 4.69. The summed E-state index contributed by atoms with van der Waals surface area (Å²) >= 11 is 7.13. The number of aryl methyl sites for hydroxylation is 1. The predicted molar refractivity (Wildman–Crippen MR) is 72.4 cm³/mol. The molecule has 0 saturated heterocycles. The van der Waals surface area contributed by atoms with Gasteiger partial charge in [0.15, 0.2) is 5.56 Å². The zero-order valence-corrected chi connectivity index (χ0v) is 12.3. The van der Waals surface area contributed by atoms with E-state index in [0.717, 1.165) is 37.4 Å². The van der Waals surface area contributed by atoms with Crippen molar-refractivity contribution in [1.29, 1.82) is 0 Å². The molecule has 0 aliphatic heterocycles. The van der Waals surface area contributed by atoms with Crippen molar-refractivity contribution in [3.8, 4) is 0 Å². The van der Waals surface area contributed by atoms with E-state index in [1.54, 1.807) is 0 Å². The van der Waals surface area contributed by atoms with E-state index in [1.165, 1.54) is 6.92 Å². The SMILES string of the molecule is Cc1nc(SC2CCCCC2Cl)c(C(F)(F)F)c(=O)[nH]1. The topological polar surface area (TPSA) is 45.8 Å². The maximum atomic E-state index is 13.0. The monoisotopic (exact) mass is 326 g/mol. The second-order valence-electron chi connectivity index (χ2n) is 4.79. The average Bonchev–Trinajstić information content (AvgIpc) is 2.29. The van der Waals surface area contributed by atoms with Gasteiger partial charge >= 0.3 is 6.18 Å². The molecule has 1 fully saturated rings. The van der Waals surface area contributed by atoms with Crippen LogP contribution in [0.3, 0.4) is 0 Å². The molecule has 2 atom stereocenters. The van der Waals surface area contributed by atoms with E-state index in [4.69, 9.17) is 11.6 Å². The first-order valence-corrected chi connectivity index (χ1v) is 7.59. The lowest BCUT2D eigenvalue weighted by molar-refractivity contribution is -0.141. The van der Waals surface area contributed by atoms with Crippen molar-refractivity contribution in [3.05, 3.63) is 21.7 Å². The molecular weight excluding hydrogens is 313 g/mol. The van der Waals surface area contributed by atoms with Crippen LogP contribution in [0.2, 0.25) is 0 Å². The molecule has 0 spiro atoms. The Hall–Kier alpha value is -0.690. The molecule has 20 heavy (non-hydrogen) atoms. The number of H-pyrrole nitrogens is 1. The summed E-state index contributed by atoms with van der Waals surface area (Å²) in [6, 6.07) is 0. The van der Waals surface area contributed by atoms with Crippen LogP contribution in [0.25, 0.3) is 0 Å². The van der Waals surface area contributed by atoms with Gasteiger partial charge in [-0.25, -0.2) is 4.98 Å². The number of aromatic nitrogens is 2. The number of aromatic amines is 1. The molecule has 0 radical (unpaired) electrons. The third-order valence-corrected chi connectivity index (χ3v) is 5.23. The van der Waals surface area contributed by atoms with Crippen LogP contribution in [0, 0.1) is 6.92 Å². The minimum atomic E-state index is -4.72. The summed E-state index contributed by atoms with van der Waals surface area (Å²) in [6.07, 6.45) is -1.27. The summed E-state index contributed by atoms with van der Waals surface area (Å²) in [6.45, 7) is 1.46. The maximum absolute atomic E-state index is 13.0. The molecule has 1 aliphatic rings. The van der Waals surface area contributed by atoms with Crippen molar-refractivity contribution < 1.29 is 13.2 Å². The first-order valence-electron chi connectivity index (χ1n) is 6.28. The number of thioether (sulfide) groups is 1. The highest BCUT2D eigenvalue weighted by Crippen LogP contribution is 2.40. The second kappa shape index (κ2) is 5.97. The summed E-state index contributed by atoms with van der Waals surface area (Å²) in [5, 5.41) is -0.590. The third kappa shape index (κ3) is 3.49. The molecule has 0 aromatic carbocycles. The summed E-state index contributed by atoms with van der Waals surface area (Å²) in [4.78, 5) is 17.5. The van der Waals surface area contributed by atoms with Gasteiger partial charge in [0, 0.05) is 10.6 Å². The van der Waals surface area contributed by atoms with Gasteiger partial charge in [0.1, 0.15) is 10.9 Å². The van der Waals surface area contributed by atoms with E-state index in [-0.39, 0.29) is 21.5 Å². The van der Waals surface area contributed by atoms with Crippen LogP contribution in [0.1, 0.15) is 37.1 Å². The normalized spacial score (nSPS) is 23.9. The molecule has 1 saturated carbocycles. The van der Waals surface area contributed by atoms with Crippen LogP contribution in [0.5, 0.6) is 0 Å². The molecule has 0 bridgehead atoms. The Morgan fingerprint density at radius 1 is 1.35 bits per heavy atom. The summed E-state index contributed by atoms with van der Waals surface area (Å²) in [5.74, 6) is 0.174. The second-order valence-corrected chi connectivity index (χ2v) is 6.57. The highest BCUT2D eigenvalue weighted by molar-refractivity contribution is 8.00. The number of hydrogen-bond donors (Lipinski definition) is 1. The number of nitrogens with one attached hydrogen (secondary N) is 1. The number of hydrogen-bond acceptors (Lipinski definition) is 3. The maximum Gasteiger partial charge on any atom is 0.424 e.